The Balaban J connectivity index is 1.93. The summed E-state index contributed by atoms with van der Waals surface area (Å²) >= 11 is 3.39. The van der Waals surface area contributed by atoms with E-state index in [1.165, 1.54) is 6.07 Å². The number of aryl methyl sites for hydroxylation is 1. The summed E-state index contributed by atoms with van der Waals surface area (Å²) < 4.78 is 14.6. The van der Waals surface area contributed by atoms with Crippen LogP contribution in [0.4, 0.5) is 10.1 Å². The standard InChI is InChI=1S/C17H18BrFN2O/c1-12-9-14(18)7-8-16(12)20-17(22)11-21(2)10-13-5-3-4-6-15(13)19/h3-9H,10-11H2,1-2H3,(H,20,22)/p+1. The highest BCUT2D eigenvalue weighted by Gasteiger charge is 2.13. The molecule has 2 rings (SSSR count). The van der Waals surface area contributed by atoms with Gasteiger partial charge in [0.05, 0.1) is 7.05 Å². The lowest BCUT2D eigenvalue weighted by atomic mass is 10.2. The first kappa shape index (κ1) is 16.6. The monoisotopic (exact) mass is 365 g/mol. The first-order valence-corrected chi connectivity index (χ1v) is 7.85. The van der Waals surface area contributed by atoms with Crippen molar-refractivity contribution in [3.63, 3.8) is 0 Å². The van der Waals surface area contributed by atoms with E-state index in [2.05, 4.69) is 21.2 Å². The quantitative estimate of drug-likeness (QED) is 0.838. The maximum absolute atomic E-state index is 13.6. The number of carbonyl (C=O) groups excluding carboxylic acids is 1. The number of hydrogen-bond acceptors (Lipinski definition) is 1. The minimum Gasteiger partial charge on any atom is -0.326 e. The molecule has 116 valence electrons. The van der Waals surface area contributed by atoms with Crippen molar-refractivity contribution in [2.45, 2.75) is 13.5 Å². The van der Waals surface area contributed by atoms with Gasteiger partial charge >= 0.3 is 0 Å². The molecule has 0 aliphatic heterocycles. The molecule has 0 saturated heterocycles. The molecule has 1 atom stereocenters. The van der Waals surface area contributed by atoms with Crippen molar-refractivity contribution >= 4 is 27.5 Å². The summed E-state index contributed by atoms with van der Waals surface area (Å²) in [7, 11) is 1.88. The highest BCUT2D eigenvalue weighted by Crippen LogP contribution is 2.19. The molecule has 22 heavy (non-hydrogen) atoms. The van der Waals surface area contributed by atoms with Crippen molar-refractivity contribution in [3.05, 3.63) is 63.9 Å². The van der Waals surface area contributed by atoms with E-state index in [-0.39, 0.29) is 18.3 Å². The minimum atomic E-state index is -0.231. The van der Waals surface area contributed by atoms with Gasteiger partial charge in [-0.1, -0.05) is 34.1 Å². The van der Waals surface area contributed by atoms with Crippen LogP contribution in [0.5, 0.6) is 0 Å². The molecule has 5 heteroatoms. The predicted molar refractivity (Wildman–Crippen MR) is 89.4 cm³/mol. The summed E-state index contributed by atoms with van der Waals surface area (Å²) in [5.74, 6) is -0.315. The fraction of sp³-hybridized carbons (Fsp3) is 0.235. The summed E-state index contributed by atoms with van der Waals surface area (Å²) in [6.45, 7) is 2.69. The Morgan fingerprint density at radius 3 is 2.68 bits per heavy atom. The SMILES string of the molecule is Cc1cc(Br)ccc1NC(=O)C[NH+](C)Cc1ccccc1F. The number of benzene rings is 2. The Labute approximate surface area is 138 Å². The molecule has 2 N–H and O–H groups in total. The molecule has 0 bridgehead atoms. The fourth-order valence-corrected chi connectivity index (χ4v) is 2.74. The fourth-order valence-electron chi connectivity index (χ4n) is 2.27. The van der Waals surface area contributed by atoms with Gasteiger partial charge in [0.15, 0.2) is 6.54 Å². The van der Waals surface area contributed by atoms with Crippen LogP contribution in [-0.4, -0.2) is 19.5 Å². The molecule has 1 unspecified atom stereocenters. The third-order valence-electron chi connectivity index (χ3n) is 3.37. The van der Waals surface area contributed by atoms with E-state index in [1.807, 2.05) is 32.2 Å². The lowest BCUT2D eigenvalue weighted by molar-refractivity contribution is -0.885. The van der Waals surface area contributed by atoms with Crippen LogP contribution in [0, 0.1) is 12.7 Å². The lowest BCUT2D eigenvalue weighted by Gasteiger charge is -2.15. The molecule has 0 heterocycles. The van der Waals surface area contributed by atoms with Gasteiger partial charge in [-0.25, -0.2) is 4.39 Å². The van der Waals surface area contributed by atoms with Crippen LogP contribution in [0.1, 0.15) is 11.1 Å². The predicted octanol–water partition coefficient (Wildman–Crippen LogP) is 2.55. The number of halogens is 2. The van der Waals surface area contributed by atoms with Gasteiger partial charge in [0.25, 0.3) is 5.91 Å². The largest absolute Gasteiger partial charge is 0.326 e. The normalized spacial score (nSPS) is 12.0. The highest BCUT2D eigenvalue weighted by atomic mass is 79.9. The van der Waals surface area contributed by atoms with Crippen LogP contribution in [0.15, 0.2) is 46.9 Å². The average Bonchev–Trinajstić information content (AvgIpc) is 2.44. The summed E-state index contributed by atoms with van der Waals surface area (Å²) in [6.07, 6.45) is 0. The maximum Gasteiger partial charge on any atom is 0.279 e. The summed E-state index contributed by atoms with van der Waals surface area (Å²) in [4.78, 5) is 13.0. The van der Waals surface area contributed by atoms with Crippen molar-refractivity contribution in [3.8, 4) is 0 Å². The van der Waals surface area contributed by atoms with E-state index in [0.717, 1.165) is 20.6 Å². The van der Waals surface area contributed by atoms with Crippen LogP contribution in [0.25, 0.3) is 0 Å². The topological polar surface area (TPSA) is 33.5 Å². The third-order valence-corrected chi connectivity index (χ3v) is 3.87. The van der Waals surface area contributed by atoms with Gasteiger partial charge in [0, 0.05) is 15.7 Å². The number of nitrogens with one attached hydrogen (secondary N) is 2. The van der Waals surface area contributed by atoms with Crippen LogP contribution in [-0.2, 0) is 11.3 Å². The van der Waals surface area contributed by atoms with Gasteiger partial charge in [-0.05, 0) is 36.8 Å². The Morgan fingerprint density at radius 2 is 2.00 bits per heavy atom. The molecular weight excluding hydrogens is 347 g/mol. The molecule has 2 aromatic carbocycles. The molecule has 0 radical (unpaired) electrons. The van der Waals surface area contributed by atoms with E-state index >= 15 is 0 Å². The maximum atomic E-state index is 13.6. The third kappa shape index (κ3) is 4.64. The zero-order chi connectivity index (χ0) is 16.1. The van der Waals surface area contributed by atoms with Crippen molar-refractivity contribution in [1.29, 1.82) is 0 Å². The van der Waals surface area contributed by atoms with Gasteiger partial charge in [-0.15, -0.1) is 0 Å². The highest BCUT2D eigenvalue weighted by molar-refractivity contribution is 9.10. The molecular formula is C17H19BrFN2O+. The van der Waals surface area contributed by atoms with E-state index in [1.54, 1.807) is 18.2 Å². The minimum absolute atomic E-state index is 0.0840. The second-order valence-electron chi connectivity index (χ2n) is 5.41. The molecule has 0 aliphatic carbocycles. The first-order chi connectivity index (χ1) is 10.5. The number of carbonyl (C=O) groups is 1. The van der Waals surface area contributed by atoms with Gasteiger partial charge in [0.2, 0.25) is 0 Å². The molecule has 3 nitrogen and oxygen atoms in total. The van der Waals surface area contributed by atoms with Crippen LogP contribution in [0.2, 0.25) is 0 Å². The van der Waals surface area contributed by atoms with Crippen molar-refractivity contribution in [2.75, 3.05) is 18.9 Å². The first-order valence-electron chi connectivity index (χ1n) is 7.06. The van der Waals surface area contributed by atoms with E-state index in [9.17, 15) is 9.18 Å². The lowest BCUT2D eigenvalue weighted by Crippen LogP contribution is -3.08. The smallest absolute Gasteiger partial charge is 0.279 e. The van der Waals surface area contributed by atoms with E-state index < -0.39 is 0 Å². The van der Waals surface area contributed by atoms with Gasteiger partial charge in [-0.2, -0.15) is 0 Å². The molecule has 0 aromatic heterocycles. The summed E-state index contributed by atoms with van der Waals surface area (Å²) in [6, 6.07) is 12.4. The second kappa shape index (κ2) is 7.51. The molecule has 0 saturated carbocycles. The number of likely N-dealkylation sites (N-methyl/N-ethyl adjacent to an activating group) is 1. The Hall–Kier alpha value is -1.72. The Morgan fingerprint density at radius 1 is 1.27 bits per heavy atom. The Bertz CT molecular complexity index is 675. The molecule has 0 aliphatic rings. The number of quaternary nitrogens is 1. The van der Waals surface area contributed by atoms with Gasteiger partial charge in [-0.3, -0.25) is 4.79 Å². The van der Waals surface area contributed by atoms with Gasteiger partial charge < -0.3 is 10.2 Å². The molecule has 1 amide bonds. The number of hydrogen-bond donors (Lipinski definition) is 2. The molecule has 0 spiro atoms. The average molecular weight is 366 g/mol. The Kier molecular flexibility index (Phi) is 5.69. The van der Waals surface area contributed by atoms with Crippen molar-refractivity contribution < 1.29 is 14.1 Å². The summed E-state index contributed by atoms with van der Waals surface area (Å²) in [5.41, 5.74) is 2.41. The van der Waals surface area contributed by atoms with Crippen molar-refractivity contribution in [2.24, 2.45) is 0 Å². The number of anilines is 1. The van der Waals surface area contributed by atoms with Crippen LogP contribution in [0.3, 0.4) is 0 Å². The molecule has 0 fully saturated rings. The van der Waals surface area contributed by atoms with Crippen LogP contribution < -0.4 is 10.2 Å². The van der Waals surface area contributed by atoms with Gasteiger partial charge in [0.1, 0.15) is 12.4 Å². The van der Waals surface area contributed by atoms with Crippen LogP contribution >= 0.6 is 15.9 Å². The number of rotatable bonds is 5. The number of amides is 1. The van der Waals surface area contributed by atoms with Crippen molar-refractivity contribution in [1.82, 2.24) is 0 Å². The van der Waals surface area contributed by atoms with E-state index in [0.29, 0.717) is 12.1 Å². The zero-order valence-corrected chi connectivity index (χ0v) is 14.2. The van der Waals surface area contributed by atoms with E-state index in [4.69, 9.17) is 0 Å². The second-order valence-corrected chi connectivity index (χ2v) is 6.33. The summed E-state index contributed by atoms with van der Waals surface area (Å²) in [5, 5.41) is 2.89. The zero-order valence-electron chi connectivity index (χ0n) is 12.6. The molecule has 2 aromatic rings.